The van der Waals surface area contributed by atoms with E-state index >= 15 is 0 Å². The number of unbranched alkanes of at least 4 members (excludes halogenated alkanes) is 27. The molecule has 0 fully saturated rings. The highest BCUT2D eigenvalue weighted by molar-refractivity contribution is 5.76. The maximum Gasteiger partial charge on any atom is 0.305 e. The van der Waals surface area contributed by atoms with Crippen LogP contribution in [0.2, 0.25) is 0 Å². The van der Waals surface area contributed by atoms with E-state index in [0.29, 0.717) is 19.4 Å². The van der Waals surface area contributed by atoms with Gasteiger partial charge in [-0.3, -0.25) is 9.59 Å². The summed E-state index contributed by atoms with van der Waals surface area (Å²) in [6.45, 7) is 4.78. The van der Waals surface area contributed by atoms with Crippen LogP contribution in [0.5, 0.6) is 0 Å². The van der Waals surface area contributed by atoms with Crippen LogP contribution >= 0.6 is 0 Å². The average Bonchev–Trinajstić information content (AvgIpc) is 3.13. The Morgan fingerprint density at radius 2 is 0.922 bits per heavy atom. The van der Waals surface area contributed by atoms with E-state index in [4.69, 9.17) is 4.74 Å². The topological polar surface area (TPSA) is 95.9 Å². The number of aliphatic hydroxyl groups excluding tert-OH is 2. The largest absolute Gasteiger partial charge is 0.466 e. The van der Waals surface area contributed by atoms with E-state index in [-0.39, 0.29) is 18.5 Å². The molecule has 0 bridgehead atoms. The van der Waals surface area contributed by atoms with Gasteiger partial charge >= 0.3 is 5.97 Å². The molecule has 0 aromatic carbocycles. The molecule has 1 amide bonds. The van der Waals surface area contributed by atoms with Crippen molar-refractivity contribution in [2.75, 3.05) is 13.2 Å². The van der Waals surface area contributed by atoms with Gasteiger partial charge in [-0.2, -0.15) is 0 Å². The lowest BCUT2D eigenvalue weighted by Crippen LogP contribution is -2.45. The maximum absolute atomic E-state index is 12.3. The molecule has 0 aliphatic carbocycles. The fourth-order valence-corrected chi connectivity index (χ4v) is 6.51. The molecule has 3 N–H and O–H groups in total. The number of hydrogen-bond donors (Lipinski definition) is 3. The Hall–Kier alpha value is -1.66. The number of carbonyl (C=O) groups excluding carboxylic acids is 2. The van der Waals surface area contributed by atoms with Gasteiger partial charge in [0.2, 0.25) is 5.91 Å². The zero-order valence-corrected chi connectivity index (χ0v) is 33.8. The van der Waals surface area contributed by atoms with Crippen LogP contribution in [0.4, 0.5) is 0 Å². The van der Waals surface area contributed by atoms with Crippen LogP contribution in [0.3, 0.4) is 0 Å². The second-order valence-corrected chi connectivity index (χ2v) is 15.0. The molecule has 6 heteroatoms. The first-order valence-electron chi connectivity index (χ1n) is 22.1. The number of ether oxygens (including phenoxy) is 1. The number of carbonyl (C=O) groups is 2. The predicted molar refractivity (Wildman–Crippen MR) is 218 cm³/mol. The van der Waals surface area contributed by atoms with Crippen molar-refractivity contribution in [1.82, 2.24) is 5.32 Å². The van der Waals surface area contributed by atoms with Crippen molar-refractivity contribution >= 4 is 11.9 Å². The van der Waals surface area contributed by atoms with Crippen LogP contribution < -0.4 is 5.32 Å². The first-order chi connectivity index (χ1) is 25.0. The summed E-state index contributed by atoms with van der Waals surface area (Å²) in [6, 6.07) is -0.650. The van der Waals surface area contributed by atoms with Gasteiger partial charge in [-0.15, -0.1) is 0 Å². The molecule has 0 radical (unpaired) electrons. The van der Waals surface area contributed by atoms with Gasteiger partial charge in [-0.1, -0.05) is 179 Å². The van der Waals surface area contributed by atoms with E-state index in [1.807, 2.05) is 6.08 Å². The summed E-state index contributed by atoms with van der Waals surface area (Å²) < 4.78 is 5.41. The molecule has 0 aliphatic rings. The minimum absolute atomic E-state index is 0.0381. The highest BCUT2D eigenvalue weighted by atomic mass is 16.5. The fraction of sp³-hybridized carbons (Fsp3) is 0.867. The molecule has 0 heterocycles. The molecular weight excluding hydrogens is 634 g/mol. The summed E-state index contributed by atoms with van der Waals surface area (Å²) >= 11 is 0. The SMILES string of the molecule is CCCCCCCCCCC/C=C/C(O)C(CO)NC(=O)CCCCCC/C=C\CCCCOC(=O)CCCCCCCCCCCCCCC. The van der Waals surface area contributed by atoms with Crippen molar-refractivity contribution in [2.45, 2.75) is 238 Å². The summed E-state index contributed by atoms with van der Waals surface area (Å²) in [6.07, 6.45) is 45.9. The van der Waals surface area contributed by atoms with E-state index in [1.165, 1.54) is 122 Å². The molecule has 0 saturated heterocycles. The molecule has 2 atom stereocenters. The third kappa shape index (κ3) is 37.9. The molecule has 0 rings (SSSR count). The lowest BCUT2D eigenvalue weighted by molar-refractivity contribution is -0.143. The Bertz CT molecular complexity index is 797. The van der Waals surface area contributed by atoms with Crippen LogP contribution in [-0.2, 0) is 14.3 Å². The summed E-state index contributed by atoms with van der Waals surface area (Å²) in [4.78, 5) is 24.3. The zero-order valence-electron chi connectivity index (χ0n) is 33.8. The standard InChI is InChI=1S/C45H85NO5/c1-3-5-7-9-11-13-15-16-18-23-27-31-35-39-45(50)51-40-36-32-28-24-20-19-22-26-30-34-38-44(49)46-42(41-47)43(48)37-33-29-25-21-17-14-12-10-8-6-4-2/h20,24,33,37,42-43,47-48H,3-19,21-23,25-32,34-36,38-41H2,1-2H3,(H,46,49)/b24-20-,37-33+. The lowest BCUT2D eigenvalue weighted by Gasteiger charge is -2.20. The molecular formula is C45H85NO5. The van der Waals surface area contributed by atoms with E-state index in [9.17, 15) is 19.8 Å². The monoisotopic (exact) mass is 720 g/mol. The first-order valence-corrected chi connectivity index (χ1v) is 22.1. The summed E-state index contributed by atoms with van der Waals surface area (Å²) in [5.41, 5.74) is 0. The van der Waals surface area contributed by atoms with Gasteiger partial charge in [0.1, 0.15) is 0 Å². The fourth-order valence-electron chi connectivity index (χ4n) is 6.51. The number of hydrogen-bond acceptors (Lipinski definition) is 5. The predicted octanol–water partition coefficient (Wildman–Crippen LogP) is 12.4. The summed E-state index contributed by atoms with van der Waals surface area (Å²) in [7, 11) is 0. The van der Waals surface area contributed by atoms with Crippen molar-refractivity contribution in [2.24, 2.45) is 0 Å². The van der Waals surface area contributed by atoms with Crippen molar-refractivity contribution in [1.29, 1.82) is 0 Å². The Labute approximate surface area is 316 Å². The van der Waals surface area contributed by atoms with Crippen molar-refractivity contribution in [3.63, 3.8) is 0 Å². The van der Waals surface area contributed by atoms with Gasteiger partial charge < -0.3 is 20.3 Å². The molecule has 0 aliphatic heterocycles. The first kappa shape index (κ1) is 49.3. The third-order valence-electron chi connectivity index (χ3n) is 9.97. The van der Waals surface area contributed by atoms with Gasteiger partial charge in [0.25, 0.3) is 0 Å². The van der Waals surface area contributed by atoms with E-state index in [1.54, 1.807) is 6.08 Å². The number of amides is 1. The van der Waals surface area contributed by atoms with Crippen LogP contribution in [0.1, 0.15) is 226 Å². The summed E-state index contributed by atoms with van der Waals surface area (Å²) in [5.74, 6) is -0.144. The second-order valence-electron chi connectivity index (χ2n) is 15.0. The van der Waals surface area contributed by atoms with Gasteiger partial charge in [0, 0.05) is 12.8 Å². The lowest BCUT2D eigenvalue weighted by atomic mass is 10.0. The van der Waals surface area contributed by atoms with Crippen molar-refractivity contribution < 1.29 is 24.5 Å². The highest BCUT2D eigenvalue weighted by Gasteiger charge is 2.18. The molecule has 51 heavy (non-hydrogen) atoms. The molecule has 0 aromatic heterocycles. The van der Waals surface area contributed by atoms with Gasteiger partial charge in [0.15, 0.2) is 0 Å². The Balaban J connectivity index is 3.57. The van der Waals surface area contributed by atoms with Crippen molar-refractivity contribution in [3.05, 3.63) is 24.3 Å². The number of rotatable bonds is 40. The third-order valence-corrected chi connectivity index (χ3v) is 9.97. The van der Waals surface area contributed by atoms with Crippen molar-refractivity contribution in [3.8, 4) is 0 Å². The highest BCUT2D eigenvalue weighted by Crippen LogP contribution is 2.14. The van der Waals surface area contributed by atoms with Crippen LogP contribution in [0.15, 0.2) is 24.3 Å². The van der Waals surface area contributed by atoms with Gasteiger partial charge in [0.05, 0.1) is 25.4 Å². The quantitative estimate of drug-likeness (QED) is 0.0333. The minimum atomic E-state index is -0.863. The average molecular weight is 720 g/mol. The number of allylic oxidation sites excluding steroid dienone is 3. The normalized spacial score (nSPS) is 12.9. The molecule has 6 nitrogen and oxygen atoms in total. The Morgan fingerprint density at radius 1 is 0.529 bits per heavy atom. The van der Waals surface area contributed by atoms with Gasteiger partial charge in [-0.05, 0) is 57.8 Å². The molecule has 300 valence electrons. The van der Waals surface area contributed by atoms with E-state index < -0.39 is 12.1 Å². The summed E-state index contributed by atoms with van der Waals surface area (Å²) in [5, 5.41) is 22.9. The molecule has 2 unspecified atom stereocenters. The number of aliphatic hydroxyl groups is 2. The van der Waals surface area contributed by atoms with Crippen LogP contribution in [-0.4, -0.2) is 47.4 Å². The van der Waals surface area contributed by atoms with Crippen LogP contribution in [0, 0.1) is 0 Å². The van der Waals surface area contributed by atoms with Crippen LogP contribution in [0.25, 0.3) is 0 Å². The minimum Gasteiger partial charge on any atom is -0.466 e. The smallest absolute Gasteiger partial charge is 0.305 e. The Morgan fingerprint density at radius 3 is 1.39 bits per heavy atom. The molecule has 0 saturated carbocycles. The van der Waals surface area contributed by atoms with E-state index in [2.05, 4.69) is 31.3 Å². The maximum atomic E-state index is 12.3. The molecule has 0 spiro atoms. The van der Waals surface area contributed by atoms with Gasteiger partial charge in [-0.25, -0.2) is 0 Å². The van der Waals surface area contributed by atoms with E-state index in [0.717, 1.165) is 77.0 Å². The Kier molecular flexibility index (Phi) is 39.8. The number of nitrogens with one attached hydrogen (secondary N) is 1. The molecule has 0 aromatic rings. The number of esters is 1. The zero-order chi connectivity index (χ0) is 37.3. The second kappa shape index (κ2) is 41.1.